The first kappa shape index (κ1) is 10.7. The molecule has 0 aliphatic rings. The van der Waals surface area contributed by atoms with Gasteiger partial charge in [0.05, 0.1) is 0 Å². The van der Waals surface area contributed by atoms with Gasteiger partial charge in [0.2, 0.25) is 0 Å². The molecule has 0 unspecified atom stereocenters. The van der Waals surface area contributed by atoms with E-state index in [4.69, 9.17) is 22.4 Å². The van der Waals surface area contributed by atoms with E-state index >= 15 is 0 Å². The summed E-state index contributed by atoms with van der Waals surface area (Å²) >= 11 is 7.56. The number of hydrogen-bond donors (Lipinski definition) is 2. The lowest BCUT2D eigenvalue weighted by atomic mass is 10.1. The molecule has 0 amide bonds. The van der Waals surface area contributed by atoms with Crippen molar-refractivity contribution in [3.63, 3.8) is 0 Å². The molecule has 13 heavy (non-hydrogen) atoms. The lowest BCUT2D eigenvalue weighted by Gasteiger charge is -2.08. The summed E-state index contributed by atoms with van der Waals surface area (Å²) < 4.78 is 0.701. The van der Waals surface area contributed by atoms with Gasteiger partial charge in [-0.1, -0.05) is 11.6 Å². The fourth-order valence-electron chi connectivity index (χ4n) is 0.780. The summed E-state index contributed by atoms with van der Waals surface area (Å²) in [6.45, 7) is 0. The Morgan fingerprint density at radius 2 is 2.38 bits per heavy atom. The van der Waals surface area contributed by atoms with Gasteiger partial charge in [-0.05, 0) is 28.7 Å². The van der Waals surface area contributed by atoms with Crippen molar-refractivity contribution in [2.24, 2.45) is 5.73 Å². The van der Waals surface area contributed by atoms with Gasteiger partial charge in [-0.15, -0.1) is 0 Å². The van der Waals surface area contributed by atoms with Gasteiger partial charge in [0, 0.05) is 15.3 Å². The van der Waals surface area contributed by atoms with Crippen LogP contribution in [0.4, 0.5) is 0 Å². The summed E-state index contributed by atoms with van der Waals surface area (Å²) in [4.78, 5) is 14.3. The Hall–Kier alpha value is -0.400. The molecule has 0 spiro atoms. The van der Waals surface area contributed by atoms with Gasteiger partial charge in [-0.2, -0.15) is 0 Å². The Balaban J connectivity index is 3.08. The van der Waals surface area contributed by atoms with Crippen LogP contribution in [0.25, 0.3) is 0 Å². The molecule has 6 heteroatoms. The van der Waals surface area contributed by atoms with Crippen molar-refractivity contribution in [3.05, 3.63) is 26.5 Å². The summed E-state index contributed by atoms with van der Waals surface area (Å²) in [6, 6.07) is 0.525. The van der Waals surface area contributed by atoms with Crippen LogP contribution in [0.2, 0.25) is 5.15 Å². The monoisotopic (exact) mass is 312 g/mol. The second-order valence-corrected chi connectivity index (χ2v) is 3.89. The molecule has 3 N–H and O–H groups in total. The van der Waals surface area contributed by atoms with Crippen molar-refractivity contribution in [1.82, 2.24) is 4.98 Å². The molecule has 70 valence electrons. The van der Waals surface area contributed by atoms with Gasteiger partial charge >= 0.3 is 5.97 Å². The molecule has 0 saturated carbocycles. The summed E-state index contributed by atoms with van der Waals surface area (Å²) in [7, 11) is 0. The van der Waals surface area contributed by atoms with Crippen molar-refractivity contribution in [2.75, 3.05) is 0 Å². The highest BCUT2D eigenvalue weighted by molar-refractivity contribution is 14.1. The number of aromatic nitrogens is 1. The first-order chi connectivity index (χ1) is 6.02. The fourth-order valence-corrected chi connectivity index (χ4v) is 1.89. The van der Waals surface area contributed by atoms with Crippen molar-refractivity contribution in [3.8, 4) is 0 Å². The molecule has 1 heterocycles. The number of carboxylic acids is 1. The third-order valence-electron chi connectivity index (χ3n) is 1.45. The maximum absolute atomic E-state index is 10.5. The van der Waals surface area contributed by atoms with E-state index < -0.39 is 12.0 Å². The van der Waals surface area contributed by atoms with Crippen LogP contribution < -0.4 is 5.73 Å². The van der Waals surface area contributed by atoms with Crippen LogP contribution in [-0.2, 0) is 4.79 Å². The van der Waals surface area contributed by atoms with E-state index in [1.54, 1.807) is 6.07 Å². The van der Waals surface area contributed by atoms with Crippen LogP contribution >= 0.6 is 34.2 Å². The minimum absolute atomic E-state index is 0.325. The van der Waals surface area contributed by atoms with E-state index in [2.05, 4.69) is 4.98 Å². The van der Waals surface area contributed by atoms with Crippen LogP contribution in [0, 0.1) is 3.57 Å². The first-order valence-corrected chi connectivity index (χ1v) is 4.77. The number of carbonyl (C=O) groups is 1. The highest BCUT2D eigenvalue weighted by Gasteiger charge is 2.17. The molecular formula is C7H6ClIN2O2. The largest absolute Gasteiger partial charge is 0.480 e. The number of rotatable bonds is 2. The van der Waals surface area contributed by atoms with Crippen LogP contribution in [0.1, 0.15) is 11.6 Å². The third kappa shape index (κ3) is 2.52. The normalized spacial score (nSPS) is 12.5. The minimum Gasteiger partial charge on any atom is -0.480 e. The molecule has 1 aromatic rings. The Kier molecular flexibility index (Phi) is 3.46. The van der Waals surface area contributed by atoms with E-state index in [1.165, 1.54) is 6.20 Å². The first-order valence-electron chi connectivity index (χ1n) is 3.31. The van der Waals surface area contributed by atoms with Crippen molar-refractivity contribution in [1.29, 1.82) is 0 Å². The van der Waals surface area contributed by atoms with Crippen molar-refractivity contribution >= 4 is 40.2 Å². The zero-order valence-electron chi connectivity index (χ0n) is 6.37. The maximum atomic E-state index is 10.5. The highest BCUT2D eigenvalue weighted by Crippen LogP contribution is 2.20. The quantitative estimate of drug-likeness (QED) is 0.640. The van der Waals surface area contributed by atoms with E-state index in [0.29, 0.717) is 14.3 Å². The smallest absolute Gasteiger partial charge is 0.325 e. The van der Waals surface area contributed by atoms with Crippen molar-refractivity contribution in [2.45, 2.75) is 6.04 Å². The number of nitrogens with zero attached hydrogens (tertiary/aromatic N) is 1. The van der Waals surface area contributed by atoms with Crippen LogP contribution in [0.5, 0.6) is 0 Å². The van der Waals surface area contributed by atoms with Gasteiger partial charge in [0.1, 0.15) is 11.2 Å². The topological polar surface area (TPSA) is 76.2 Å². The maximum Gasteiger partial charge on any atom is 0.325 e. The molecule has 0 fully saturated rings. The lowest BCUT2D eigenvalue weighted by Crippen LogP contribution is -2.21. The van der Waals surface area contributed by atoms with E-state index in [9.17, 15) is 4.79 Å². The van der Waals surface area contributed by atoms with Gasteiger partial charge in [-0.25, -0.2) is 4.98 Å². The number of nitrogens with two attached hydrogens (primary N) is 1. The molecule has 4 nitrogen and oxygen atoms in total. The zero-order valence-corrected chi connectivity index (χ0v) is 9.28. The summed E-state index contributed by atoms with van der Waals surface area (Å²) in [5.41, 5.74) is 5.87. The number of carboxylic acid groups (broad SMARTS) is 1. The number of aliphatic carboxylic acids is 1. The molecule has 1 atom stereocenters. The predicted octanol–water partition coefficient (Wildman–Crippen LogP) is 1.42. The van der Waals surface area contributed by atoms with Gasteiger partial charge in [0.15, 0.2) is 0 Å². The Morgan fingerprint density at radius 3 is 2.85 bits per heavy atom. The van der Waals surface area contributed by atoms with Gasteiger partial charge in [0.25, 0.3) is 0 Å². The van der Waals surface area contributed by atoms with Crippen LogP contribution in [-0.4, -0.2) is 16.1 Å². The standard InChI is InChI=1S/C7H6ClIN2O2/c8-5-1-4(9)3(2-11-5)6(10)7(12)13/h1-2,6H,10H2,(H,12,13)/t6-/m0/s1. The SMILES string of the molecule is N[C@H](C(=O)O)c1cnc(Cl)cc1I. The number of hydrogen-bond acceptors (Lipinski definition) is 3. The molecule has 1 aromatic heterocycles. The minimum atomic E-state index is -1.08. The second kappa shape index (κ2) is 4.21. The molecule has 0 aromatic carbocycles. The Morgan fingerprint density at radius 1 is 1.77 bits per heavy atom. The van der Waals surface area contributed by atoms with Crippen molar-refractivity contribution < 1.29 is 9.90 Å². The Labute approximate surface area is 93.2 Å². The van der Waals surface area contributed by atoms with E-state index in [0.717, 1.165) is 0 Å². The fraction of sp³-hybridized carbons (Fsp3) is 0.143. The lowest BCUT2D eigenvalue weighted by molar-refractivity contribution is -0.138. The highest BCUT2D eigenvalue weighted by atomic mass is 127. The summed E-state index contributed by atoms with van der Waals surface area (Å²) in [5.74, 6) is -1.08. The predicted molar refractivity (Wildman–Crippen MR) is 56.5 cm³/mol. The molecule has 1 rings (SSSR count). The van der Waals surface area contributed by atoms with E-state index in [1.807, 2.05) is 22.6 Å². The average Bonchev–Trinajstić information content (AvgIpc) is 2.03. The number of halogens is 2. The Bertz CT molecular complexity index is 345. The van der Waals surface area contributed by atoms with Crippen LogP contribution in [0.15, 0.2) is 12.3 Å². The molecule has 0 aliphatic heterocycles. The third-order valence-corrected chi connectivity index (χ3v) is 2.59. The van der Waals surface area contributed by atoms with Gasteiger partial charge in [-0.3, -0.25) is 4.79 Å². The molecule has 0 bridgehead atoms. The molecule has 0 aliphatic carbocycles. The second-order valence-electron chi connectivity index (χ2n) is 2.34. The molecule has 0 saturated heterocycles. The average molecular weight is 312 g/mol. The van der Waals surface area contributed by atoms with E-state index in [-0.39, 0.29) is 0 Å². The number of pyridine rings is 1. The van der Waals surface area contributed by atoms with Gasteiger partial charge < -0.3 is 10.8 Å². The summed E-state index contributed by atoms with van der Waals surface area (Å²) in [5, 5.41) is 8.96. The molecule has 0 radical (unpaired) electrons. The zero-order chi connectivity index (χ0) is 10.0. The molecular weight excluding hydrogens is 306 g/mol. The summed E-state index contributed by atoms with van der Waals surface area (Å²) in [6.07, 6.45) is 1.38. The van der Waals surface area contributed by atoms with Crippen LogP contribution in [0.3, 0.4) is 0 Å².